The molecule has 1 aliphatic carbocycles. The van der Waals surface area contributed by atoms with E-state index in [1.54, 1.807) is 22.4 Å². The Morgan fingerprint density at radius 1 is 1.16 bits per heavy atom. The lowest BCUT2D eigenvalue weighted by atomic mass is 10.2. The van der Waals surface area contributed by atoms with Crippen LogP contribution in [0, 0.1) is 0 Å². The Hall–Kier alpha value is -3.21. The number of hydrogen-bond donors (Lipinski definition) is 0. The first-order valence-electron chi connectivity index (χ1n) is 9.58. The average molecular weight is 447 g/mol. The number of halogens is 3. The zero-order valence-corrected chi connectivity index (χ0v) is 16.9. The number of hydrogen-bond acceptors (Lipinski definition) is 5. The summed E-state index contributed by atoms with van der Waals surface area (Å²) in [6.07, 6.45) is -2.65. The summed E-state index contributed by atoms with van der Waals surface area (Å²) in [7, 11) is 0. The number of thiophene rings is 1. The van der Waals surface area contributed by atoms with Crippen LogP contribution in [0.4, 0.5) is 13.2 Å². The first kappa shape index (κ1) is 19.7. The molecule has 0 atom stereocenters. The number of rotatable bonds is 4. The Kier molecular flexibility index (Phi) is 4.58. The van der Waals surface area contributed by atoms with Crippen LogP contribution in [-0.2, 0) is 11.0 Å². The molecule has 31 heavy (non-hydrogen) atoms. The maximum atomic E-state index is 13.2. The Labute approximate surface area is 178 Å². The minimum atomic E-state index is -4.51. The number of alkyl halides is 3. The van der Waals surface area contributed by atoms with Gasteiger partial charge in [0.15, 0.2) is 5.82 Å². The van der Waals surface area contributed by atoms with Crippen molar-refractivity contribution >= 4 is 23.2 Å². The van der Waals surface area contributed by atoms with E-state index < -0.39 is 17.6 Å². The Bertz CT molecular complexity index is 1150. The van der Waals surface area contributed by atoms with Crippen molar-refractivity contribution in [2.45, 2.75) is 25.1 Å². The summed E-state index contributed by atoms with van der Waals surface area (Å²) in [5, 5.41) is 6.04. The first-order chi connectivity index (χ1) is 14.8. The zero-order chi connectivity index (χ0) is 21.8. The Morgan fingerprint density at radius 3 is 2.65 bits per heavy atom. The van der Waals surface area contributed by atoms with Crippen LogP contribution in [-0.4, -0.2) is 55.6 Å². The van der Waals surface area contributed by atoms with Gasteiger partial charge >= 0.3 is 6.18 Å². The summed E-state index contributed by atoms with van der Waals surface area (Å²) in [5.74, 6) is -0.542. The van der Waals surface area contributed by atoms with Crippen LogP contribution in [0.15, 0.2) is 41.8 Å². The van der Waals surface area contributed by atoms with Gasteiger partial charge in [0.1, 0.15) is 6.54 Å². The molecule has 1 aromatic carbocycles. The van der Waals surface area contributed by atoms with Crippen molar-refractivity contribution in [3.8, 4) is 16.4 Å². The lowest BCUT2D eigenvalue weighted by molar-refractivity contribution is -0.137. The van der Waals surface area contributed by atoms with Crippen molar-refractivity contribution in [1.29, 1.82) is 0 Å². The van der Waals surface area contributed by atoms with Crippen molar-refractivity contribution in [1.82, 2.24) is 24.6 Å². The molecule has 160 valence electrons. The van der Waals surface area contributed by atoms with E-state index in [4.69, 9.17) is 0 Å². The van der Waals surface area contributed by atoms with Gasteiger partial charge in [0.2, 0.25) is 11.7 Å². The van der Waals surface area contributed by atoms with Gasteiger partial charge in [0.05, 0.1) is 22.8 Å². The van der Waals surface area contributed by atoms with Crippen molar-refractivity contribution < 1.29 is 22.8 Å². The fraction of sp³-hybridized carbons (Fsp3) is 0.300. The number of amides is 2. The fourth-order valence-corrected chi connectivity index (χ4v) is 4.21. The maximum absolute atomic E-state index is 13.2. The molecule has 3 heterocycles. The van der Waals surface area contributed by atoms with E-state index in [0.717, 1.165) is 25.0 Å². The van der Waals surface area contributed by atoms with E-state index in [2.05, 4.69) is 10.1 Å². The van der Waals surface area contributed by atoms with Crippen LogP contribution < -0.4 is 0 Å². The molecule has 0 spiro atoms. The summed E-state index contributed by atoms with van der Waals surface area (Å²) in [4.78, 5) is 33.2. The highest BCUT2D eigenvalue weighted by Gasteiger charge is 2.41. The summed E-state index contributed by atoms with van der Waals surface area (Å²) in [6, 6.07) is 8.41. The smallest absolute Gasteiger partial charge is 0.320 e. The third-order valence-corrected chi connectivity index (χ3v) is 6.07. The van der Waals surface area contributed by atoms with E-state index in [0.29, 0.717) is 4.88 Å². The van der Waals surface area contributed by atoms with Crippen LogP contribution in [0.5, 0.6) is 0 Å². The lowest BCUT2D eigenvalue weighted by Gasteiger charge is -2.16. The van der Waals surface area contributed by atoms with Crippen LogP contribution in [0.1, 0.15) is 29.0 Å². The van der Waals surface area contributed by atoms with Crippen molar-refractivity contribution in [2.24, 2.45) is 0 Å². The van der Waals surface area contributed by atoms with Crippen molar-refractivity contribution in [2.75, 3.05) is 13.2 Å². The van der Waals surface area contributed by atoms with Gasteiger partial charge in [-0.05, 0) is 42.5 Å². The molecule has 11 heteroatoms. The molecule has 1 saturated heterocycles. The van der Waals surface area contributed by atoms with Gasteiger partial charge in [-0.2, -0.15) is 13.2 Å². The van der Waals surface area contributed by atoms with E-state index in [9.17, 15) is 22.8 Å². The molecule has 1 saturated carbocycles. The number of carbonyl (C=O) groups is 2. The Balaban J connectivity index is 1.52. The summed E-state index contributed by atoms with van der Waals surface area (Å²) in [5.41, 5.74) is -0.683. The standard InChI is InChI=1S/C20H16F3N5O2S/c21-20(22,23)12-3-1-4-14(9-12)28-18(15-5-2-8-31-15)24-17(25-28)19(30)26-10-16(29)27(11-26)13-6-7-13/h1-5,8-9,13H,6-7,10-11H2. The van der Waals surface area contributed by atoms with Gasteiger partial charge in [-0.3, -0.25) is 9.59 Å². The number of carbonyl (C=O) groups excluding carboxylic acids is 2. The SMILES string of the molecule is O=C(c1nc(-c2cccs2)n(-c2cccc(C(F)(F)F)c2)n1)N1CC(=O)N(C2CC2)C1. The second-order valence-corrected chi connectivity index (χ2v) is 8.38. The molecule has 2 amide bonds. The van der Waals surface area contributed by atoms with Gasteiger partial charge < -0.3 is 9.80 Å². The fourth-order valence-electron chi connectivity index (χ4n) is 3.51. The van der Waals surface area contributed by atoms with Gasteiger partial charge in [0.25, 0.3) is 5.91 Å². The predicted molar refractivity (Wildman–Crippen MR) is 105 cm³/mol. The number of aromatic nitrogens is 3. The molecular formula is C20H16F3N5O2S. The van der Waals surface area contributed by atoms with Crippen LogP contribution in [0.2, 0.25) is 0 Å². The summed E-state index contributed by atoms with van der Waals surface area (Å²) in [6.45, 7) is 0.122. The minimum Gasteiger partial charge on any atom is -0.320 e. The normalized spacial score (nSPS) is 16.9. The molecule has 2 fully saturated rings. The predicted octanol–water partition coefficient (Wildman–Crippen LogP) is 3.42. The summed E-state index contributed by atoms with van der Waals surface area (Å²) < 4.78 is 40.8. The molecule has 5 rings (SSSR count). The second-order valence-electron chi connectivity index (χ2n) is 7.44. The first-order valence-corrected chi connectivity index (χ1v) is 10.5. The topological polar surface area (TPSA) is 71.3 Å². The van der Waals surface area contributed by atoms with Gasteiger partial charge in [0, 0.05) is 6.04 Å². The van der Waals surface area contributed by atoms with Gasteiger partial charge in [-0.15, -0.1) is 16.4 Å². The molecule has 2 aliphatic rings. The van der Waals surface area contributed by atoms with E-state index in [1.807, 2.05) is 0 Å². The van der Waals surface area contributed by atoms with Crippen LogP contribution in [0.3, 0.4) is 0 Å². The minimum absolute atomic E-state index is 0.0538. The van der Waals surface area contributed by atoms with Gasteiger partial charge in [-0.1, -0.05) is 12.1 Å². The highest BCUT2D eigenvalue weighted by molar-refractivity contribution is 7.13. The number of benzene rings is 1. The monoisotopic (exact) mass is 447 g/mol. The molecule has 2 aromatic heterocycles. The van der Waals surface area contributed by atoms with Gasteiger partial charge in [-0.25, -0.2) is 9.67 Å². The highest BCUT2D eigenvalue weighted by Crippen LogP contribution is 2.33. The third-order valence-electron chi connectivity index (χ3n) is 5.20. The van der Waals surface area contributed by atoms with Crippen molar-refractivity contribution in [3.05, 3.63) is 53.2 Å². The van der Waals surface area contributed by atoms with Crippen molar-refractivity contribution in [3.63, 3.8) is 0 Å². The lowest BCUT2D eigenvalue weighted by Crippen LogP contribution is -2.32. The Morgan fingerprint density at radius 2 is 1.97 bits per heavy atom. The quantitative estimate of drug-likeness (QED) is 0.615. The average Bonchev–Trinajstić information content (AvgIpc) is 3.14. The number of nitrogens with zero attached hydrogens (tertiary/aromatic N) is 5. The van der Waals surface area contributed by atoms with Crippen LogP contribution in [0.25, 0.3) is 16.4 Å². The molecule has 0 unspecified atom stereocenters. The van der Waals surface area contributed by atoms with Crippen LogP contribution >= 0.6 is 11.3 Å². The molecule has 0 N–H and O–H groups in total. The molecule has 1 aliphatic heterocycles. The summed E-state index contributed by atoms with van der Waals surface area (Å²) >= 11 is 1.33. The molecule has 3 aromatic rings. The van der Waals surface area contributed by atoms with E-state index >= 15 is 0 Å². The molecule has 0 radical (unpaired) electrons. The largest absolute Gasteiger partial charge is 0.416 e. The second kappa shape index (κ2) is 7.19. The highest BCUT2D eigenvalue weighted by atomic mass is 32.1. The molecule has 7 nitrogen and oxygen atoms in total. The maximum Gasteiger partial charge on any atom is 0.416 e. The zero-order valence-electron chi connectivity index (χ0n) is 16.0. The van der Waals surface area contributed by atoms with E-state index in [1.165, 1.54) is 33.1 Å². The molecular weight excluding hydrogens is 431 g/mol. The van der Waals surface area contributed by atoms with E-state index in [-0.39, 0.29) is 42.5 Å². The third kappa shape index (κ3) is 3.69. The molecule has 0 bridgehead atoms.